The zero-order chi connectivity index (χ0) is 12.8. The molecule has 0 aliphatic heterocycles. The van der Waals surface area contributed by atoms with Gasteiger partial charge in [0.1, 0.15) is 0 Å². The fourth-order valence-corrected chi connectivity index (χ4v) is 3.71. The lowest BCUT2D eigenvalue weighted by molar-refractivity contribution is -0.143. The molecule has 1 aromatic rings. The lowest BCUT2D eigenvalue weighted by Crippen LogP contribution is -2.14. The molecule has 2 rings (SSSR count). The minimum Gasteiger partial charge on any atom is -0.466 e. The summed E-state index contributed by atoms with van der Waals surface area (Å²) in [7, 11) is 0. The van der Waals surface area contributed by atoms with Gasteiger partial charge in [-0.05, 0) is 62.3 Å². The fourth-order valence-electron chi connectivity index (χ4n) is 2.81. The lowest BCUT2D eigenvalue weighted by Gasteiger charge is -2.27. The molecule has 3 heteroatoms. The smallest absolute Gasteiger partial charge is 0.305 e. The number of carbonyl (C=O) groups is 1. The van der Waals surface area contributed by atoms with Crippen LogP contribution in [0.1, 0.15) is 56.2 Å². The minimum atomic E-state index is -0.0297. The number of thiophene rings is 1. The van der Waals surface area contributed by atoms with Crippen LogP contribution in [0, 0.1) is 5.92 Å². The lowest BCUT2D eigenvalue weighted by atomic mass is 9.79. The molecule has 0 spiro atoms. The molecule has 0 atom stereocenters. The van der Waals surface area contributed by atoms with Gasteiger partial charge in [0.05, 0.1) is 6.61 Å². The second-order valence-electron chi connectivity index (χ2n) is 5.08. The van der Waals surface area contributed by atoms with Crippen LogP contribution >= 0.6 is 11.3 Å². The summed E-state index contributed by atoms with van der Waals surface area (Å²) in [6, 6.07) is 4.40. The second-order valence-corrected chi connectivity index (χ2v) is 6.06. The summed E-state index contributed by atoms with van der Waals surface area (Å²) in [4.78, 5) is 12.9. The molecule has 0 aromatic carbocycles. The average Bonchev–Trinajstić information content (AvgIpc) is 2.91. The molecule has 100 valence electrons. The third kappa shape index (κ3) is 3.84. The van der Waals surface area contributed by atoms with E-state index in [2.05, 4.69) is 17.5 Å². The van der Waals surface area contributed by atoms with Crippen LogP contribution in [-0.2, 0) is 9.53 Å². The van der Waals surface area contributed by atoms with Crippen molar-refractivity contribution in [2.75, 3.05) is 6.61 Å². The Morgan fingerprint density at radius 1 is 1.39 bits per heavy atom. The normalized spacial score (nSPS) is 23.8. The Hall–Kier alpha value is -0.830. The number of carbonyl (C=O) groups excluding carboxylic acids is 1. The first-order valence-electron chi connectivity index (χ1n) is 6.98. The van der Waals surface area contributed by atoms with Crippen LogP contribution in [0.15, 0.2) is 17.5 Å². The highest BCUT2D eigenvalue weighted by atomic mass is 32.1. The predicted octanol–water partition coefficient (Wildman–Crippen LogP) is 4.37. The summed E-state index contributed by atoms with van der Waals surface area (Å²) < 4.78 is 4.98. The van der Waals surface area contributed by atoms with Gasteiger partial charge >= 0.3 is 5.97 Å². The first-order valence-corrected chi connectivity index (χ1v) is 7.86. The first-order chi connectivity index (χ1) is 8.79. The number of esters is 1. The second kappa shape index (κ2) is 6.93. The van der Waals surface area contributed by atoms with Crippen molar-refractivity contribution in [1.29, 1.82) is 0 Å². The van der Waals surface area contributed by atoms with Crippen molar-refractivity contribution in [2.45, 2.75) is 51.4 Å². The van der Waals surface area contributed by atoms with Crippen molar-refractivity contribution >= 4 is 17.3 Å². The van der Waals surface area contributed by atoms with Crippen LogP contribution in [-0.4, -0.2) is 12.6 Å². The van der Waals surface area contributed by atoms with E-state index < -0.39 is 0 Å². The highest BCUT2D eigenvalue weighted by molar-refractivity contribution is 7.10. The highest BCUT2D eigenvalue weighted by Crippen LogP contribution is 2.38. The zero-order valence-electron chi connectivity index (χ0n) is 11.1. The van der Waals surface area contributed by atoms with Crippen molar-refractivity contribution in [3.63, 3.8) is 0 Å². The van der Waals surface area contributed by atoms with E-state index in [1.807, 2.05) is 18.3 Å². The van der Waals surface area contributed by atoms with Gasteiger partial charge in [-0.3, -0.25) is 4.79 Å². The summed E-state index contributed by atoms with van der Waals surface area (Å²) >= 11 is 1.88. The van der Waals surface area contributed by atoms with E-state index in [0.717, 1.165) is 18.3 Å². The third-order valence-electron chi connectivity index (χ3n) is 3.85. The Morgan fingerprint density at radius 2 is 2.17 bits per heavy atom. The molecule has 1 fully saturated rings. The molecule has 2 nitrogen and oxygen atoms in total. The van der Waals surface area contributed by atoms with Crippen LogP contribution in [0.25, 0.3) is 0 Å². The number of hydrogen-bond donors (Lipinski definition) is 0. The first kappa shape index (κ1) is 13.6. The van der Waals surface area contributed by atoms with Crippen molar-refractivity contribution in [3.8, 4) is 0 Å². The van der Waals surface area contributed by atoms with Crippen LogP contribution in [0.5, 0.6) is 0 Å². The van der Waals surface area contributed by atoms with Gasteiger partial charge in [0.2, 0.25) is 0 Å². The van der Waals surface area contributed by atoms with Crippen molar-refractivity contribution in [3.05, 3.63) is 22.4 Å². The molecule has 0 saturated heterocycles. The standard InChI is InChI=1S/C15H22O2S/c1-2-17-15(16)10-7-12-5-8-13(9-6-12)14-4-3-11-18-14/h3-4,11-13H,2,5-10H2,1H3. The Kier molecular flexibility index (Phi) is 5.24. The Morgan fingerprint density at radius 3 is 2.78 bits per heavy atom. The summed E-state index contributed by atoms with van der Waals surface area (Å²) in [5.74, 6) is 1.47. The maximum absolute atomic E-state index is 11.3. The van der Waals surface area contributed by atoms with Crippen molar-refractivity contribution < 1.29 is 9.53 Å². The van der Waals surface area contributed by atoms with Gasteiger partial charge in [-0.2, -0.15) is 0 Å². The number of ether oxygens (including phenoxy) is 1. The van der Waals surface area contributed by atoms with Crippen molar-refractivity contribution in [2.24, 2.45) is 5.92 Å². The average molecular weight is 266 g/mol. The van der Waals surface area contributed by atoms with E-state index in [1.165, 1.54) is 25.7 Å². The van der Waals surface area contributed by atoms with Crippen molar-refractivity contribution in [1.82, 2.24) is 0 Å². The Bertz CT molecular complexity index is 351. The molecule has 0 unspecified atom stereocenters. The van der Waals surface area contributed by atoms with Gasteiger partial charge in [0.25, 0.3) is 0 Å². The SMILES string of the molecule is CCOC(=O)CCC1CCC(c2cccs2)CC1. The molecule has 0 radical (unpaired) electrons. The number of hydrogen-bond acceptors (Lipinski definition) is 3. The topological polar surface area (TPSA) is 26.3 Å². The molecular formula is C15H22O2S. The molecule has 1 heterocycles. The molecule has 1 aromatic heterocycles. The molecule has 1 aliphatic rings. The van der Waals surface area contributed by atoms with Crippen LogP contribution < -0.4 is 0 Å². The van der Waals surface area contributed by atoms with Gasteiger partial charge in [-0.1, -0.05) is 6.07 Å². The molecule has 0 amide bonds. The summed E-state index contributed by atoms with van der Waals surface area (Å²) in [5.41, 5.74) is 0. The maximum Gasteiger partial charge on any atom is 0.305 e. The van der Waals surface area contributed by atoms with E-state index in [-0.39, 0.29) is 5.97 Å². The van der Waals surface area contributed by atoms with E-state index in [0.29, 0.717) is 13.0 Å². The van der Waals surface area contributed by atoms with Gasteiger partial charge in [0.15, 0.2) is 0 Å². The van der Waals surface area contributed by atoms with Gasteiger partial charge in [-0.25, -0.2) is 0 Å². The van der Waals surface area contributed by atoms with Crippen LogP contribution in [0.2, 0.25) is 0 Å². The molecule has 0 bridgehead atoms. The van der Waals surface area contributed by atoms with E-state index in [9.17, 15) is 4.79 Å². The monoisotopic (exact) mass is 266 g/mol. The predicted molar refractivity (Wildman–Crippen MR) is 74.9 cm³/mol. The van der Waals surface area contributed by atoms with E-state index >= 15 is 0 Å². The molecule has 18 heavy (non-hydrogen) atoms. The molecule has 1 saturated carbocycles. The largest absolute Gasteiger partial charge is 0.466 e. The van der Waals surface area contributed by atoms with Crippen LogP contribution in [0.4, 0.5) is 0 Å². The van der Waals surface area contributed by atoms with Gasteiger partial charge in [0, 0.05) is 11.3 Å². The van der Waals surface area contributed by atoms with Crippen LogP contribution in [0.3, 0.4) is 0 Å². The van der Waals surface area contributed by atoms with Gasteiger partial charge < -0.3 is 4.74 Å². The summed E-state index contributed by atoms with van der Waals surface area (Å²) in [6.07, 6.45) is 6.71. The highest BCUT2D eigenvalue weighted by Gasteiger charge is 2.23. The number of rotatable bonds is 5. The minimum absolute atomic E-state index is 0.0297. The maximum atomic E-state index is 11.3. The molecular weight excluding hydrogens is 244 g/mol. The zero-order valence-corrected chi connectivity index (χ0v) is 11.9. The third-order valence-corrected chi connectivity index (χ3v) is 4.89. The summed E-state index contributed by atoms with van der Waals surface area (Å²) in [5, 5.41) is 2.17. The van der Waals surface area contributed by atoms with Gasteiger partial charge in [-0.15, -0.1) is 11.3 Å². The summed E-state index contributed by atoms with van der Waals surface area (Å²) in [6.45, 7) is 2.37. The fraction of sp³-hybridized carbons (Fsp3) is 0.667. The van der Waals surface area contributed by atoms with E-state index in [1.54, 1.807) is 4.88 Å². The molecule has 1 aliphatic carbocycles. The Labute approximate surface area is 113 Å². The quantitative estimate of drug-likeness (QED) is 0.740. The Balaban J connectivity index is 1.69. The molecule has 0 N–H and O–H groups in total. The van der Waals surface area contributed by atoms with E-state index in [4.69, 9.17) is 4.74 Å².